The molecule has 0 saturated carbocycles. The summed E-state index contributed by atoms with van der Waals surface area (Å²) < 4.78 is 38.9. The highest BCUT2D eigenvalue weighted by molar-refractivity contribution is 6.04. The molecule has 0 aliphatic heterocycles. The van der Waals surface area contributed by atoms with Crippen LogP contribution >= 0.6 is 0 Å². The van der Waals surface area contributed by atoms with Crippen LogP contribution in [0.4, 0.5) is 18.9 Å². The zero-order valence-electron chi connectivity index (χ0n) is 9.08. The Morgan fingerprint density at radius 3 is 2.33 bits per heavy atom. The van der Waals surface area contributed by atoms with Gasteiger partial charge in [0.25, 0.3) is 5.91 Å². The highest BCUT2D eigenvalue weighted by atomic mass is 19.1. The fourth-order valence-electron chi connectivity index (χ4n) is 1.44. The third-order valence-corrected chi connectivity index (χ3v) is 2.26. The van der Waals surface area contributed by atoms with Crippen molar-refractivity contribution in [3.63, 3.8) is 0 Å². The summed E-state index contributed by atoms with van der Waals surface area (Å²) in [5, 5.41) is 2.32. The molecule has 0 aliphatic rings. The van der Waals surface area contributed by atoms with Gasteiger partial charge in [0, 0.05) is 11.8 Å². The molecule has 0 saturated heterocycles. The van der Waals surface area contributed by atoms with Gasteiger partial charge in [-0.15, -0.1) is 0 Å². The molecule has 2 rings (SSSR count). The van der Waals surface area contributed by atoms with Crippen molar-refractivity contribution in [1.82, 2.24) is 0 Å². The molecule has 0 aliphatic carbocycles. The SMILES string of the molecule is O=C(Nc1cccc(F)c1)c1ccc(F)cc1F. The lowest BCUT2D eigenvalue weighted by Gasteiger charge is -2.06. The maximum atomic E-state index is 13.3. The number of hydrogen-bond donors (Lipinski definition) is 1. The number of carbonyl (C=O) groups is 1. The smallest absolute Gasteiger partial charge is 0.258 e. The average molecular weight is 251 g/mol. The molecule has 0 bridgehead atoms. The fourth-order valence-corrected chi connectivity index (χ4v) is 1.44. The summed E-state index contributed by atoms with van der Waals surface area (Å²) in [5.74, 6) is -3.02. The first-order chi connectivity index (χ1) is 8.56. The molecular formula is C13H8F3NO. The molecule has 0 spiro atoms. The number of amides is 1. The van der Waals surface area contributed by atoms with Crippen LogP contribution in [0.5, 0.6) is 0 Å². The van der Waals surface area contributed by atoms with Crippen molar-refractivity contribution < 1.29 is 18.0 Å². The van der Waals surface area contributed by atoms with E-state index < -0.39 is 23.4 Å². The van der Waals surface area contributed by atoms with Crippen LogP contribution in [0.15, 0.2) is 42.5 Å². The summed E-state index contributed by atoms with van der Waals surface area (Å²) >= 11 is 0. The van der Waals surface area contributed by atoms with E-state index in [4.69, 9.17) is 0 Å². The predicted octanol–water partition coefficient (Wildman–Crippen LogP) is 3.36. The number of hydrogen-bond acceptors (Lipinski definition) is 1. The first kappa shape index (κ1) is 12.2. The zero-order chi connectivity index (χ0) is 13.1. The standard InChI is InChI=1S/C13H8F3NO/c14-8-2-1-3-10(6-8)17-13(18)11-5-4-9(15)7-12(11)16/h1-7H,(H,17,18). The van der Waals surface area contributed by atoms with Crippen molar-refractivity contribution >= 4 is 11.6 Å². The lowest BCUT2D eigenvalue weighted by Crippen LogP contribution is -2.14. The van der Waals surface area contributed by atoms with Gasteiger partial charge in [-0.05, 0) is 30.3 Å². The highest BCUT2D eigenvalue weighted by Crippen LogP contribution is 2.14. The van der Waals surface area contributed by atoms with Gasteiger partial charge in [0.15, 0.2) is 0 Å². The van der Waals surface area contributed by atoms with Crippen molar-refractivity contribution in [1.29, 1.82) is 0 Å². The molecule has 92 valence electrons. The molecule has 2 aromatic rings. The molecule has 2 aromatic carbocycles. The largest absolute Gasteiger partial charge is 0.322 e. The minimum Gasteiger partial charge on any atom is -0.322 e. The van der Waals surface area contributed by atoms with E-state index in [0.717, 1.165) is 18.2 Å². The third kappa shape index (κ3) is 2.68. The monoisotopic (exact) mass is 251 g/mol. The Morgan fingerprint density at radius 2 is 1.67 bits per heavy atom. The molecule has 0 unspecified atom stereocenters. The van der Waals surface area contributed by atoms with Crippen LogP contribution in [-0.4, -0.2) is 5.91 Å². The van der Waals surface area contributed by atoms with E-state index >= 15 is 0 Å². The fraction of sp³-hybridized carbons (Fsp3) is 0. The number of anilines is 1. The molecule has 1 amide bonds. The van der Waals surface area contributed by atoms with E-state index in [-0.39, 0.29) is 11.3 Å². The summed E-state index contributed by atoms with van der Waals surface area (Å²) in [6.07, 6.45) is 0. The number of benzene rings is 2. The number of nitrogens with one attached hydrogen (secondary N) is 1. The number of carbonyl (C=O) groups excluding carboxylic acids is 1. The van der Waals surface area contributed by atoms with Crippen molar-refractivity contribution in [3.05, 3.63) is 65.5 Å². The Hall–Kier alpha value is -2.30. The molecule has 1 N–H and O–H groups in total. The van der Waals surface area contributed by atoms with Crippen LogP contribution in [0.25, 0.3) is 0 Å². The van der Waals surface area contributed by atoms with Crippen LogP contribution in [-0.2, 0) is 0 Å². The predicted molar refractivity (Wildman–Crippen MR) is 60.7 cm³/mol. The van der Waals surface area contributed by atoms with Gasteiger partial charge in [-0.2, -0.15) is 0 Å². The average Bonchev–Trinajstić information content (AvgIpc) is 2.28. The molecule has 0 fully saturated rings. The zero-order valence-corrected chi connectivity index (χ0v) is 9.08. The van der Waals surface area contributed by atoms with Crippen LogP contribution in [0.2, 0.25) is 0 Å². The van der Waals surface area contributed by atoms with E-state index in [9.17, 15) is 18.0 Å². The van der Waals surface area contributed by atoms with Crippen LogP contribution in [0, 0.1) is 17.5 Å². The molecule has 0 heterocycles. The van der Waals surface area contributed by atoms with E-state index in [1.54, 1.807) is 0 Å². The quantitative estimate of drug-likeness (QED) is 0.871. The van der Waals surface area contributed by atoms with Crippen LogP contribution in [0.3, 0.4) is 0 Å². The number of halogens is 3. The summed E-state index contributed by atoms with van der Waals surface area (Å²) in [5.41, 5.74) is -0.107. The maximum Gasteiger partial charge on any atom is 0.258 e. The topological polar surface area (TPSA) is 29.1 Å². The third-order valence-electron chi connectivity index (χ3n) is 2.26. The first-order valence-electron chi connectivity index (χ1n) is 5.08. The van der Waals surface area contributed by atoms with Gasteiger partial charge < -0.3 is 5.32 Å². The van der Waals surface area contributed by atoms with Crippen LogP contribution in [0.1, 0.15) is 10.4 Å². The first-order valence-corrected chi connectivity index (χ1v) is 5.08. The van der Waals surface area contributed by atoms with E-state index in [0.29, 0.717) is 6.07 Å². The molecule has 2 nitrogen and oxygen atoms in total. The Morgan fingerprint density at radius 1 is 0.944 bits per heavy atom. The Kier molecular flexibility index (Phi) is 3.32. The molecular weight excluding hydrogens is 243 g/mol. The summed E-state index contributed by atoms with van der Waals surface area (Å²) in [6, 6.07) is 7.80. The Balaban J connectivity index is 2.22. The highest BCUT2D eigenvalue weighted by Gasteiger charge is 2.12. The lowest BCUT2D eigenvalue weighted by atomic mass is 10.2. The summed E-state index contributed by atoms with van der Waals surface area (Å²) in [4.78, 5) is 11.7. The second-order valence-corrected chi connectivity index (χ2v) is 3.59. The van der Waals surface area contributed by atoms with E-state index in [1.807, 2.05) is 0 Å². The second kappa shape index (κ2) is 4.91. The molecule has 18 heavy (non-hydrogen) atoms. The minimum absolute atomic E-state index is 0.198. The van der Waals surface area contributed by atoms with E-state index in [1.165, 1.54) is 18.2 Å². The van der Waals surface area contributed by atoms with Crippen molar-refractivity contribution in [2.45, 2.75) is 0 Å². The number of rotatable bonds is 2. The van der Waals surface area contributed by atoms with Crippen molar-refractivity contribution in [3.8, 4) is 0 Å². The minimum atomic E-state index is -0.969. The molecule has 0 radical (unpaired) electrons. The second-order valence-electron chi connectivity index (χ2n) is 3.59. The van der Waals surface area contributed by atoms with Gasteiger partial charge in [0.2, 0.25) is 0 Å². The molecule has 0 atom stereocenters. The summed E-state index contributed by atoms with van der Waals surface area (Å²) in [7, 11) is 0. The van der Waals surface area contributed by atoms with Gasteiger partial charge >= 0.3 is 0 Å². The van der Waals surface area contributed by atoms with Gasteiger partial charge in [0.1, 0.15) is 17.5 Å². The van der Waals surface area contributed by atoms with E-state index in [2.05, 4.69) is 5.32 Å². The van der Waals surface area contributed by atoms with Crippen molar-refractivity contribution in [2.24, 2.45) is 0 Å². The normalized spacial score (nSPS) is 10.2. The summed E-state index contributed by atoms with van der Waals surface area (Å²) in [6.45, 7) is 0. The Bertz CT molecular complexity index is 599. The lowest BCUT2D eigenvalue weighted by molar-refractivity contribution is 0.102. The maximum absolute atomic E-state index is 13.3. The molecule has 5 heteroatoms. The van der Waals surface area contributed by atoms with Gasteiger partial charge in [0.05, 0.1) is 5.56 Å². The van der Waals surface area contributed by atoms with Gasteiger partial charge in [-0.25, -0.2) is 13.2 Å². The van der Waals surface area contributed by atoms with Crippen molar-refractivity contribution in [2.75, 3.05) is 5.32 Å². The Labute approximate surface area is 101 Å². The van der Waals surface area contributed by atoms with Gasteiger partial charge in [-0.3, -0.25) is 4.79 Å². The van der Waals surface area contributed by atoms with Crippen LogP contribution < -0.4 is 5.32 Å². The molecule has 0 aromatic heterocycles. The van der Waals surface area contributed by atoms with Gasteiger partial charge in [-0.1, -0.05) is 6.07 Å².